The van der Waals surface area contributed by atoms with Crippen LogP contribution in [0.15, 0.2) is 10.9 Å². The van der Waals surface area contributed by atoms with E-state index in [0.717, 1.165) is 5.69 Å². The molecule has 1 aliphatic heterocycles. The van der Waals surface area contributed by atoms with Crippen LogP contribution >= 0.6 is 0 Å². The van der Waals surface area contributed by atoms with E-state index >= 15 is 0 Å². The van der Waals surface area contributed by atoms with E-state index in [4.69, 9.17) is 9.84 Å². The van der Waals surface area contributed by atoms with Gasteiger partial charge in [0.05, 0.1) is 25.4 Å². The quantitative estimate of drug-likeness (QED) is 0.811. The summed E-state index contributed by atoms with van der Waals surface area (Å²) >= 11 is 0. The molecule has 0 spiro atoms. The third kappa shape index (κ3) is 2.76. The number of amides is 1. The highest BCUT2D eigenvalue weighted by atomic mass is 16.5. The van der Waals surface area contributed by atoms with Crippen LogP contribution < -0.4 is 5.56 Å². The minimum absolute atomic E-state index is 0.120. The van der Waals surface area contributed by atoms with E-state index < -0.39 is 0 Å². The Balaban J connectivity index is 2.33. The topological polar surface area (TPSA) is 82.6 Å². The summed E-state index contributed by atoms with van der Waals surface area (Å²) in [7, 11) is 0. The number of ether oxygens (including phenoxy) is 1. The molecule has 2 N–H and O–H groups in total. The minimum atomic E-state index is -0.389. The van der Waals surface area contributed by atoms with Crippen molar-refractivity contribution in [1.82, 2.24) is 9.88 Å². The average Bonchev–Trinajstić information content (AvgIpc) is 2.37. The Kier molecular flexibility index (Phi) is 4.25. The third-order valence-corrected chi connectivity index (χ3v) is 3.55. The zero-order chi connectivity index (χ0) is 14.9. The van der Waals surface area contributed by atoms with Gasteiger partial charge in [0, 0.05) is 12.2 Å². The summed E-state index contributed by atoms with van der Waals surface area (Å²) in [5.41, 5.74) is 1.19. The number of aromatic amines is 1. The van der Waals surface area contributed by atoms with Crippen molar-refractivity contribution >= 4 is 5.91 Å². The molecule has 1 aliphatic rings. The second kappa shape index (κ2) is 5.76. The molecule has 1 aromatic heterocycles. The number of rotatable bonds is 2. The smallest absolute Gasteiger partial charge is 0.261 e. The monoisotopic (exact) mass is 280 g/mol. The number of pyridine rings is 1. The maximum absolute atomic E-state index is 12.6. The SMILES string of the molecule is Cc1cc(C)c(C(=O)N2CC(CO)OCC2C)c(=O)[nH]1. The molecule has 0 saturated carbocycles. The maximum Gasteiger partial charge on any atom is 0.261 e. The number of H-pyrrole nitrogens is 1. The number of morpholine rings is 1. The number of hydrogen-bond acceptors (Lipinski definition) is 4. The Morgan fingerprint density at radius 2 is 2.25 bits per heavy atom. The Morgan fingerprint density at radius 3 is 2.85 bits per heavy atom. The molecule has 1 amide bonds. The van der Waals surface area contributed by atoms with Gasteiger partial charge in [0.2, 0.25) is 0 Å². The lowest BCUT2D eigenvalue weighted by Gasteiger charge is -2.37. The van der Waals surface area contributed by atoms with Crippen molar-refractivity contribution in [2.24, 2.45) is 0 Å². The number of nitrogens with zero attached hydrogens (tertiary/aromatic N) is 1. The molecule has 1 fully saturated rings. The number of hydrogen-bond donors (Lipinski definition) is 2. The summed E-state index contributed by atoms with van der Waals surface area (Å²) in [5, 5.41) is 9.16. The van der Waals surface area contributed by atoms with Crippen molar-refractivity contribution in [3.8, 4) is 0 Å². The maximum atomic E-state index is 12.6. The molecule has 0 bridgehead atoms. The fourth-order valence-corrected chi connectivity index (χ4v) is 2.47. The summed E-state index contributed by atoms with van der Waals surface area (Å²) < 4.78 is 5.41. The van der Waals surface area contributed by atoms with E-state index in [-0.39, 0.29) is 35.8 Å². The van der Waals surface area contributed by atoms with E-state index in [2.05, 4.69) is 4.98 Å². The second-order valence-corrected chi connectivity index (χ2v) is 5.28. The molecule has 6 heteroatoms. The Bertz CT molecular complexity index is 567. The van der Waals surface area contributed by atoms with Crippen molar-refractivity contribution in [2.75, 3.05) is 19.8 Å². The number of carbonyl (C=O) groups excluding carboxylic acids is 1. The molecular formula is C14H20N2O4. The van der Waals surface area contributed by atoms with Gasteiger partial charge in [0.1, 0.15) is 5.56 Å². The van der Waals surface area contributed by atoms with Gasteiger partial charge < -0.3 is 19.7 Å². The van der Waals surface area contributed by atoms with Gasteiger partial charge in [0.15, 0.2) is 0 Å². The van der Waals surface area contributed by atoms with Crippen molar-refractivity contribution in [3.63, 3.8) is 0 Å². The summed E-state index contributed by atoms with van der Waals surface area (Å²) in [6, 6.07) is 1.66. The lowest BCUT2D eigenvalue weighted by Crippen LogP contribution is -2.53. The van der Waals surface area contributed by atoms with Crippen LogP contribution in [0.25, 0.3) is 0 Å². The second-order valence-electron chi connectivity index (χ2n) is 5.28. The third-order valence-electron chi connectivity index (χ3n) is 3.55. The van der Waals surface area contributed by atoms with Crippen molar-refractivity contribution < 1.29 is 14.6 Å². The molecule has 0 aromatic carbocycles. The van der Waals surface area contributed by atoms with Gasteiger partial charge in [-0.15, -0.1) is 0 Å². The van der Waals surface area contributed by atoms with E-state index in [9.17, 15) is 9.59 Å². The molecule has 2 heterocycles. The molecule has 1 saturated heterocycles. The first-order valence-electron chi connectivity index (χ1n) is 6.68. The highest BCUT2D eigenvalue weighted by molar-refractivity contribution is 5.95. The van der Waals surface area contributed by atoms with Gasteiger partial charge in [-0.3, -0.25) is 9.59 Å². The summed E-state index contributed by atoms with van der Waals surface area (Å²) in [4.78, 5) is 28.9. The van der Waals surface area contributed by atoms with Gasteiger partial charge in [-0.05, 0) is 32.4 Å². The van der Waals surface area contributed by atoms with Crippen LogP contribution in [0.1, 0.15) is 28.5 Å². The predicted molar refractivity (Wildman–Crippen MR) is 73.9 cm³/mol. The zero-order valence-corrected chi connectivity index (χ0v) is 12.0. The number of carbonyl (C=O) groups is 1. The van der Waals surface area contributed by atoms with Crippen LogP contribution in [0.5, 0.6) is 0 Å². The first-order valence-corrected chi connectivity index (χ1v) is 6.68. The van der Waals surface area contributed by atoms with Crippen molar-refractivity contribution in [2.45, 2.75) is 32.9 Å². The van der Waals surface area contributed by atoms with Gasteiger partial charge in [-0.25, -0.2) is 0 Å². The number of nitrogens with one attached hydrogen (secondary N) is 1. The van der Waals surface area contributed by atoms with Crippen LogP contribution in [-0.4, -0.2) is 52.8 Å². The molecule has 2 rings (SSSR count). The lowest BCUT2D eigenvalue weighted by molar-refractivity contribution is -0.0668. The van der Waals surface area contributed by atoms with Gasteiger partial charge >= 0.3 is 0 Å². The zero-order valence-electron chi connectivity index (χ0n) is 12.0. The number of aryl methyl sites for hydroxylation is 2. The fraction of sp³-hybridized carbons (Fsp3) is 0.571. The normalized spacial score (nSPS) is 22.9. The van der Waals surface area contributed by atoms with E-state index in [1.165, 1.54) is 0 Å². The molecule has 0 aliphatic carbocycles. The molecule has 110 valence electrons. The van der Waals surface area contributed by atoms with Crippen LogP contribution in [0.3, 0.4) is 0 Å². The summed E-state index contributed by atoms with van der Waals surface area (Å²) in [6.45, 7) is 5.91. The average molecular weight is 280 g/mol. The van der Waals surface area contributed by atoms with Crippen LogP contribution in [0.4, 0.5) is 0 Å². The standard InChI is InChI=1S/C14H20N2O4/c1-8-4-9(2)15-13(18)12(8)14(19)16-5-11(6-17)20-7-10(16)3/h4,10-11,17H,5-7H2,1-3H3,(H,15,18). The first-order chi connectivity index (χ1) is 9.43. The van der Waals surface area contributed by atoms with Crippen LogP contribution in [0, 0.1) is 13.8 Å². The van der Waals surface area contributed by atoms with Crippen LogP contribution in [0.2, 0.25) is 0 Å². The molecule has 2 unspecified atom stereocenters. The predicted octanol–water partition coefficient (Wildman–Crippen LogP) is 0.214. The van der Waals surface area contributed by atoms with Crippen molar-refractivity contribution in [3.05, 3.63) is 33.2 Å². The number of aliphatic hydroxyl groups excluding tert-OH is 1. The van der Waals surface area contributed by atoms with E-state index in [1.54, 1.807) is 24.8 Å². The number of aliphatic hydroxyl groups is 1. The molecule has 1 aromatic rings. The number of aromatic nitrogens is 1. The summed E-state index contributed by atoms with van der Waals surface area (Å²) in [6.07, 6.45) is -0.389. The summed E-state index contributed by atoms with van der Waals surface area (Å²) in [5.74, 6) is -0.307. The highest BCUT2D eigenvalue weighted by Gasteiger charge is 2.31. The van der Waals surface area contributed by atoms with Crippen LogP contribution in [-0.2, 0) is 4.74 Å². The first kappa shape index (κ1) is 14.7. The Labute approximate surface area is 117 Å². The molecule has 0 radical (unpaired) electrons. The van der Waals surface area contributed by atoms with Gasteiger partial charge in [0.25, 0.3) is 11.5 Å². The van der Waals surface area contributed by atoms with E-state index in [0.29, 0.717) is 18.7 Å². The van der Waals surface area contributed by atoms with Gasteiger partial charge in [-0.1, -0.05) is 0 Å². The fourth-order valence-electron chi connectivity index (χ4n) is 2.47. The largest absolute Gasteiger partial charge is 0.394 e. The van der Waals surface area contributed by atoms with E-state index in [1.807, 2.05) is 6.92 Å². The molecule has 20 heavy (non-hydrogen) atoms. The molecule has 6 nitrogen and oxygen atoms in total. The molecular weight excluding hydrogens is 260 g/mol. The minimum Gasteiger partial charge on any atom is -0.394 e. The van der Waals surface area contributed by atoms with Gasteiger partial charge in [-0.2, -0.15) is 0 Å². The Hall–Kier alpha value is -1.66. The lowest BCUT2D eigenvalue weighted by atomic mass is 10.1. The van der Waals surface area contributed by atoms with Crippen molar-refractivity contribution in [1.29, 1.82) is 0 Å². The Morgan fingerprint density at radius 1 is 1.55 bits per heavy atom. The molecule has 2 atom stereocenters. The highest BCUT2D eigenvalue weighted by Crippen LogP contribution is 2.16.